The molecule has 2 aromatic carbocycles. The molecular weight excluding hydrogens is 280 g/mol. The third kappa shape index (κ3) is 3.76. The monoisotopic (exact) mass is 290 g/mol. The van der Waals surface area contributed by atoms with E-state index in [0.717, 1.165) is 0 Å². The van der Waals surface area contributed by atoms with Crippen LogP contribution in [-0.2, 0) is 19.7 Å². The number of hydrogen-bond donors (Lipinski definition) is 0. The van der Waals surface area contributed by atoms with Gasteiger partial charge in [-0.1, -0.05) is 36.4 Å². The van der Waals surface area contributed by atoms with Gasteiger partial charge >= 0.3 is 23.3 Å². The Kier molecular flexibility index (Phi) is 4.62. The van der Waals surface area contributed by atoms with Crippen molar-refractivity contribution in [2.45, 2.75) is 0 Å². The smallest absolute Gasteiger partial charge is 0.330 e. The summed E-state index contributed by atoms with van der Waals surface area (Å²) in [5.74, 6) is -1.66. The zero-order chi connectivity index (χ0) is 14.4. The minimum absolute atomic E-state index is 0.219. The number of hydrogen-bond acceptors (Lipinski definition) is 5. The van der Waals surface area contributed by atoms with Crippen LogP contribution in [0.2, 0.25) is 0 Å². The molecule has 0 N–H and O–H groups in total. The molecule has 0 aromatic heterocycles. The molecule has 2 rings (SSSR count). The third-order valence-electron chi connectivity index (χ3n) is 2.31. The van der Waals surface area contributed by atoms with Crippen LogP contribution in [0.3, 0.4) is 0 Å². The van der Waals surface area contributed by atoms with Crippen LogP contribution in [-0.4, -0.2) is 16.1 Å². The summed E-state index contributed by atoms with van der Waals surface area (Å²) in [6.07, 6.45) is 0. The van der Waals surface area contributed by atoms with Gasteiger partial charge in [-0.25, -0.2) is 9.59 Å². The lowest BCUT2D eigenvalue weighted by molar-refractivity contribution is 0.0676. The van der Waals surface area contributed by atoms with E-state index in [9.17, 15) is 13.8 Å². The van der Waals surface area contributed by atoms with Crippen LogP contribution in [0, 0.1) is 0 Å². The van der Waals surface area contributed by atoms with Crippen LogP contribution in [0.4, 0.5) is 0 Å². The van der Waals surface area contributed by atoms with Crippen molar-refractivity contribution in [1.29, 1.82) is 0 Å². The molecule has 0 aliphatic rings. The molecule has 5 nitrogen and oxygen atoms in total. The van der Waals surface area contributed by atoms with Gasteiger partial charge in [0.25, 0.3) is 0 Å². The molecule has 0 fully saturated rings. The predicted octanol–water partition coefficient (Wildman–Crippen LogP) is 2.28. The van der Waals surface area contributed by atoms with E-state index >= 15 is 0 Å². The van der Waals surface area contributed by atoms with Crippen LogP contribution < -0.4 is 0 Å². The molecule has 0 unspecified atom stereocenters. The molecule has 0 saturated carbocycles. The van der Waals surface area contributed by atoms with Gasteiger partial charge in [0, 0.05) is 0 Å². The van der Waals surface area contributed by atoms with E-state index in [1.807, 2.05) is 0 Å². The minimum Gasteiger partial charge on any atom is -0.330 e. The highest BCUT2D eigenvalue weighted by Crippen LogP contribution is 2.06. The summed E-state index contributed by atoms with van der Waals surface area (Å²) < 4.78 is 20.5. The van der Waals surface area contributed by atoms with Gasteiger partial charge in [0.15, 0.2) is 0 Å². The molecule has 20 heavy (non-hydrogen) atoms. The first-order valence-corrected chi connectivity index (χ1v) is 6.64. The normalized spacial score (nSPS) is 10.1. The molecule has 6 heteroatoms. The molecule has 102 valence electrons. The fraction of sp³-hybridized carbons (Fsp3) is 0. The van der Waals surface area contributed by atoms with Gasteiger partial charge in [-0.2, -0.15) is 4.21 Å². The van der Waals surface area contributed by atoms with Crippen molar-refractivity contribution in [3.05, 3.63) is 71.8 Å². The zero-order valence-electron chi connectivity index (χ0n) is 10.2. The van der Waals surface area contributed by atoms with Crippen LogP contribution in [0.15, 0.2) is 60.7 Å². The summed E-state index contributed by atoms with van der Waals surface area (Å²) in [5.41, 5.74) is 0.438. The van der Waals surface area contributed by atoms with Crippen molar-refractivity contribution in [3.63, 3.8) is 0 Å². The summed E-state index contributed by atoms with van der Waals surface area (Å²) in [7, 11) is 0. The summed E-state index contributed by atoms with van der Waals surface area (Å²) in [6.45, 7) is 0. The maximum absolute atomic E-state index is 11.6. The van der Waals surface area contributed by atoms with E-state index < -0.39 is 23.3 Å². The molecule has 2 aromatic rings. The lowest BCUT2D eigenvalue weighted by Gasteiger charge is -2.03. The molecule has 0 amide bonds. The average molecular weight is 290 g/mol. The highest BCUT2D eigenvalue weighted by Gasteiger charge is 2.17. The van der Waals surface area contributed by atoms with E-state index in [1.165, 1.54) is 24.3 Å². The van der Waals surface area contributed by atoms with Crippen molar-refractivity contribution < 1.29 is 22.2 Å². The van der Waals surface area contributed by atoms with Gasteiger partial charge in [-0.05, 0) is 24.3 Å². The van der Waals surface area contributed by atoms with Crippen LogP contribution >= 0.6 is 0 Å². The Hall–Kier alpha value is -2.47. The SMILES string of the molecule is O=C(OS(=O)OC(=O)c1ccccc1)c1ccccc1. The molecule has 0 spiro atoms. The number of benzene rings is 2. The van der Waals surface area contributed by atoms with Crippen molar-refractivity contribution >= 4 is 23.3 Å². The maximum atomic E-state index is 11.6. The second-order valence-electron chi connectivity index (χ2n) is 3.68. The maximum Gasteiger partial charge on any atom is 0.423 e. The molecule has 0 atom stereocenters. The number of rotatable bonds is 4. The van der Waals surface area contributed by atoms with Gasteiger partial charge in [-0.15, -0.1) is 0 Å². The van der Waals surface area contributed by atoms with Crippen molar-refractivity contribution in [2.24, 2.45) is 0 Å². The molecule has 0 saturated heterocycles. The second-order valence-corrected chi connectivity index (χ2v) is 4.42. The Labute approximate surface area is 118 Å². The summed E-state index contributed by atoms with van der Waals surface area (Å²) in [5, 5.41) is 0. The van der Waals surface area contributed by atoms with Crippen LogP contribution in [0.5, 0.6) is 0 Å². The Balaban J connectivity index is 1.93. The van der Waals surface area contributed by atoms with E-state index in [4.69, 9.17) is 0 Å². The zero-order valence-corrected chi connectivity index (χ0v) is 11.0. The third-order valence-corrected chi connectivity index (χ3v) is 2.88. The largest absolute Gasteiger partial charge is 0.423 e. The molecule has 0 heterocycles. The first-order chi connectivity index (χ1) is 9.66. The molecule has 0 aliphatic carbocycles. The van der Waals surface area contributed by atoms with Gasteiger partial charge < -0.3 is 8.37 Å². The Morgan fingerprint density at radius 1 is 0.700 bits per heavy atom. The fourth-order valence-corrected chi connectivity index (χ4v) is 1.86. The summed E-state index contributed by atoms with van der Waals surface area (Å²) in [6, 6.07) is 16.0. The highest BCUT2D eigenvalue weighted by molar-refractivity contribution is 7.76. The lowest BCUT2D eigenvalue weighted by Crippen LogP contribution is -2.14. The Morgan fingerprint density at radius 3 is 1.40 bits per heavy atom. The van der Waals surface area contributed by atoms with Gasteiger partial charge in [0.05, 0.1) is 11.1 Å². The van der Waals surface area contributed by atoms with Crippen molar-refractivity contribution in [1.82, 2.24) is 0 Å². The standard InChI is InChI=1S/C14H10O5S/c15-13(11-7-3-1-4-8-11)18-20(17)19-14(16)12-9-5-2-6-10-12/h1-10H. The van der Waals surface area contributed by atoms with Crippen LogP contribution in [0.1, 0.15) is 20.7 Å². The van der Waals surface area contributed by atoms with Crippen LogP contribution in [0.25, 0.3) is 0 Å². The average Bonchev–Trinajstić information content (AvgIpc) is 2.49. The highest BCUT2D eigenvalue weighted by atomic mass is 32.2. The quantitative estimate of drug-likeness (QED) is 0.864. The summed E-state index contributed by atoms with van der Waals surface area (Å²) in [4.78, 5) is 23.1. The number of carbonyl (C=O) groups is 2. The molecule has 0 aliphatic heterocycles. The van der Waals surface area contributed by atoms with E-state index in [1.54, 1.807) is 36.4 Å². The van der Waals surface area contributed by atoms with E-state index in [2.05, 4.69) is 8.37 Å². The van der Waals surface area contributed by atoms with Gasteiger partial charge in [0.2, 0.25) is 0 Å². The van der Waals surface area contributed by atoms with Crippen molar-refractivity contribution in [3.8, 4) is 0 Å². The molecular formula is C14H10O5S. The van der Waals surface area contributed by atoms with E-state index in [0.29, 0.717) is 0 Å². The van der Waals surface area contributed by atoms with Crippen molar-refractivity contribution in [2.75, 3.05) is 0 Å². The van der Waals surface area contributed by atoms with Gasteiger partial charge in [-0.3, -0.25) is 0 Å². The summed E-state index contributed by atoms with van der Waals surface area (Å²) >= 11 is -2.48. The molecule has 0 bridgehead atoms. The fourth-order valence-electron chi connectivity index (χ4n) is 1.39. The second kappa shape index (κ2) is 6.63. The lowest BCUT2D eigenvalue weighted by atomic mass is 10.2. The minimum atomic E-state index is -2.48. The molecule has 0 radical (unpaired) electrons. The van der Waals surface area contributed by atoms with Gasteiger partial charge in [0.1, 0.15) is 0 Å². The topological polar surface area (TPSA) is 69.7 Å². The first kappa shape index (κ1) is 14.0. The Morgan fingerprint density at radius 2 is 1.05 bits per heavy atom. The number of carbonyl (C=O) groups excluding carboxylic acids is 2. The predicted molar refractivity (Wildman–Crippen MR) is 71.9 cm³/mol. The van der Waals surface area contributed by atoms with E-state index in [-0.39, 0.29) is 11.1 Å². The Bertz CT molecular complexity index is 569. The first-order valence-electron chi connectivity index (χ1n) is 5.64.